The van der Waals surface area contributed by atoms with Gasteiger partial charge in [0.25, 0.3) is 0 Å². The normalized spacial score (nSPS) is 39.2. The van der Waals surface area contributed by atoms with Crippen molar-refractivity contribution in [2.24, 2.45) is 0 Å². The van der Waals surface area contributed by atoms with E-state index in [0.717, 1.165) is 3.93 Å². The zero-order chi connectivity index (χ0) is 10.7. The van der Waals surface area contributed by atoms with Gasteiger partial charge in [-0.1, -0.05) is 0 Å². The number of rotatable bonds is 2. The van der Waals surface area contributed by atoms with Crippen LogP contribution in [0.5, 0.6) is 0 Å². The number of nitrogens with zero attached hydrogens (tertiary/aromatic N) is 1. The van der Waals surface area contributed by atoms with E-state index in [4.69, 9.17) is 0 Å². The average Bonchev–Trinajstić information content (AvgIpc) is 2.14. The Morgan fingerprint density at radius 3 is 1.87 bits per heavy atom. The molecule has 1 atom stereocenters. The zero-order valence-electron chi connectivity index (χ0n) is 10.6. The topological polar surface area (TPSA) is 3.24 Å². The average molecular weight is 316 g/mol. The van der Waals surface area contributed by atoms with E-state index >= 15 is 0 Å². The van der Waals surface area contributed by atoms with E-state index in [0.29, 0.717) is 0 Å². The Kier molecular flexibility index (Phi) is 4.39. The molecule has 0 amide bonds. The molecule has 88 valence electrons. The Morgan fingerprint density at radius 2 is 1.47 bits per heavy atom. The molecule has 0 unspecified atom stereocenters. The van der Waals surface area contributed by atoms with E-state index in [1.807, 2.05) is 0 Å². The van der Waals surface area contributed by atoms with E-state index in [-0.39, 0.29) is 0 Å². The van der Waals surface area contributed by atoms with Gasteiger partial charge in [0.15, 0.2) is 0 Å². The Morgan fingerprint density at radius 1 is 1.00 bits per heavy atom. The fourth-order valence-electron chi connectivity index (χ4n) is 3.85. The van der Waals surface area contributed by atoms with Crippen molar-refractivity contribution in [2.75, 3.05) is 19.6 Å². The van der Waals surface area contributed by atoms with Crippen LogP contribution in [0.15, 0.2) is 0 Å². The zero-order valence-corrected chi connectivity index (χ0v) is 13.4. The van der Waals surface area contributed by atoms with Crippen LogP contribution in [0.25, 0.3) is 0 Å². The number of fused-ring (bicyclic) bond motifs is 6. The molecular formula is C13H27NSn. The summed E-state index contributed by atoms with van der Waals surface area (Å²) in [5, 5.41) is 0. The third kappa shape index (κ3) is 2.71. The first-order valence-corrected chi connectivity index (χ1v) is 14.7. The number of hydrogen-bond donors (Lipinski definition) is 0. The summed E-state index contributed by atoms with van der Waals surface area (Å²) >= 11 is -1.67. The van der Waals surface area contributed by atoms with Crippen molar-refractivity contribution >= 4 is 18.4 Å². The van der Waals surface area contributed by atoms with Gasteiger partial charge in [0.1, 0.15) is 0 Å². The quantitative estimate of drug-likeness (QED) is 0.702. The Hall–Kier alpha value is 0.759. The van der Waals surface area contributed by atoms with E-state index in [2.05, 4.69) is 18.7 Å². The van der Waals surface area contributed by atoms with Crippen molar-refractivity contribution in [2.45, 2.75) is 56.8 Å². The maximum atomic E-state index is 2.73. The summed E-state index contributed by atoms with van der Waals surface area (Å²) in [5.74, 6) is 0. The van der Waals surface area contributed by atoms with Crippen LogP contribution in [0.3, 0.4) is 0 Å². The van der Waals surface area contributed by atoms with Gasteiger partial charge in [0, 0.05) is 0 Å². The Balaban J connectivity index is 2.12. The molecule has 3 aliphatic rings. The van der Waals surface area contributed by atoms with Crippen LogP contribution in [-0.2, 0) is 0 Å². The molecular weight excluding hydrogens is 289 g/mol. The van der Waals surface area contributed by atoms with Crippen molar-refractivity contribution in [3.05, 3.63) is 0 Å². The van der Waals surface area contributed by atoms with Crippen molar-refractivity contribution in [1.29, 1.82) is 0 Å². The molecule has 0 radical (unpaired) electrons. The summed E-state index contributed by atoms with van der Waals surface area (Å²) < 4.78 is 6.28. The minimum absolute atomic E-state index is 1.16. The van der Waals surface area contributed by atoms with Crippen molar-refractivity contribution in [3.63, 3.8) is 0 Å². The van der Waals surface area contributed by atoms with Gasteiger partial charge >= 0.3 is 99.7 Å². The van der Waals surface area contributed by atoms with Crippen molar-refractivity contribution < 1.29 is 0 Å². The van der Waals surface area contributed by atoms with Gasteiger partial charge in [0.05, 0.1) is 0 Å². The minimum atomic E-state index is -1.67. The molecule has 0 aromatic carbocycles. The fourth-order valence-corrected chi connectivity index (χ4v) is 20.1. The third-order valence-electron chi connectivity index (χ3n) is 5.10. The van der Waals surface area contributed by atoms with Crippen LogP contribution in [0.4, 0.5) is 0 Å². The van der Waals surface area contributed by atoms with Gasteiger partial charge < -0.3 is 0 Å². The molecule has 0 N–H and O–H groups in total. The van der Waals surface area contributed by atoms with Gasteiger partial charge in [-0.15, -0.1) is 0 Å². The van der Waals surface area contributed by atoms with Crippen LogP contribution in [0, 0.1) is 0 Å². The van der Waals surface area contributed by atoms with E-state index in [1.54, 1.807) is 32.6 Å². The standard InChI is InChI=1S/C9H18N.C4H9.Sn/c1-4-7-10(8-5-2)9-6-3;1-3-4-2;/h1-9H2;3H,4H2,1-2H3;. The monoisotopic (exact) mass is 317 g/mol. The molecule has 3 fully saturated rings. The van der Waals surface area contributed by atoms with Gasteiger partial charge in [-0.2, -0.15) is 0 Å². The Bertz CT molecular complexity index is 178. The van der Waals surface area contributed by atoms with Crippen molar-refractivity contribution in [1.82, 2.24) is 4.90 Å². The van der Waals surface area contributed by atoms with Gasteiger partial charge in [-0.25, -0.2) is 0 Å². The van der Waals surface area contributed by atoms with Gasteiger partial charge in [-0.3, -0.25) is 0 Å². The van der Waals surface area contributed by atoms with Crippen LogP contribution >= 0.6 is 0 Å². The summed E-state index contributed by atoms with van der Waals surface area (Å²) in [4.78, 5) is 2.73. The molecule has 3 aliphatic heterocycles. The predicted octanol–water partition coefficient (Wildman–Crippen LogP) is 3.73. The summed E-state index contributed by atoms with van der Waals surface area (Å²) in [5.41, 5.74) is 0. The molecule has 3 rings (SSSR count). The van der Waals surface area contributed by atoms with E-state index < -0.39 is 18.4 Å². The molecule has 2 heteroatoms. The first-order chi connectivity index (χ1) is 7.27. The second-order valence-corrected chi connectivity index (χ2v) is 20.7. The fraction of sp³-hybridized carbons (Fsp3) is 1.00. The Labute approximate surface area is 99.5 Å². The van der Waals surface area contributed by atoms with Crippen LogP contribution < -0.4 is 0 Å². The van der Waals surface area contributed by atoms with Crippen LogP contribution in [0.2, 0.25) is 17.2 Å². The number of hydrogen-bond acceptors (Lipinski definition) is 1. The predicted molar refractivity (Wildman–Crippen MR) is 70.2 cm³/mol. The second kappa shape index (κ2) is 5.39. The maximum absolute atomic E-state index is 2.73. The molecule has 0 aliphatic carbocycles. The molecule has 0 spiro atoms. The molecule has 2 bridgehead atoms. The molecule has 3 saturated heterocycles. The van der Waals surface area contributed by atoms with E-state index in [9.17, 15) is 0 Å². The first kappa shape index (κ1) is 12.2. The molecule has 15 heavy (non-hydrogen) atoms. The molecule has 1 nitrogen and oxygen atoms in total. The summed E-state index contributed by atoms with van der Waals surface area (Å²) in [6.07, 6.45) is 6.10. The summed E-state index contributed by atoms with van der Waals surface area (Å²) in [6, 6.07) is 0. The summed E-state index contributed by atoms with van der Waals surface area (Å²) in [7, 11) is 0. The molecule has 0 aromatic heterocycles. The summed E-state index contributed by atoms with van der Waals surface area (Å²) in [6.45, 7) is 9.30. The van der Waals surface area contributed by atoms with Crippen LogP contribution in [0.1, 0.15) is 39.5 Å². The molecule has 3 heterocycles. The van der Waals surface area contributed by atoms with Crippen LogP contribution in [-0.4, -0.2) is 42.9 Å². The molecule has 0 aromatic rings. The second-order valence-electron chi connectivity index (χ2n) is 5.82. The third-order valence-corrected chi connectivity index (χ3v) is 23.8. The van der Waals surface area contributed by atoms with Crippen molar-refractivity contribution in [3.8, 4) is 0 Å². The van der Waals surface area contributed by atoms with Gasteiger partial charge in [0.2, 0.25) is 0 Å². The SMILES string of the molecule is CC[C@H](C)[Sn]12[CH2]CCN(CC[CH2]1)CC[CH2]2. The van der Waals surface area contributed by atoms with Gasteiger partial charge in [-0.05, 0) is 0 Å². The first-order valence-electron chi connectivity index (χ1n) is 6.99. The molecule has 0 saturated carbocycles. The van der Waals surface area contributed by atoms with E-state index in [1.165, 1.54) is 26.1 Å².